The van der Waals surface area contributed by atoms with Gasteiger partial charge in [-0.1, -0.05) is 6.07 Å². The Balaban J connectivity index is 0.818. The van der Waals surface area contributed by atoms with E-state index in [2.05, 4.69) is 15.2 Å². The summed E-state index contributed by atoms with van der Waals surface area (Å²) in [5.41, 5.74) is 2.81. The van der Waals surface area contributed by atoms with E-state index in [1.807, 2.05) is 24.4 Å². The summed E-state index contributed by atoms with van der Waals surface area (Å²) in [7, 11) is 5.01. The number of amides is 4. The Morgan fingerprint density at radius 3 is 2.40 bits per heavy atom. The minimum absolute atomic E-state index is 0.0378. The molecule has 3 aliphatic rings. The number of hydrogen-bond acceptors (Lipinski definition) is 12. The van der Waals surface area contributed by atoms with Gasteiger partial charge in [-0.3, -0.25) is 48.9 Å². The molecule has 1 N–H and O–H groups in total. The molecule has 1 unspecified atom stereocenters. The van der Waals surface area contributed by atoms with E-state index in [1.165, 1.54) is 6.07 Å². The van der Waals surface area contributed by atoms with E-state index in [0.717, 1.165) is 52.9 Å². The average Bonchev–Trinajstić information content (AvgIpc) is 3.45. The summed E-state index contributed by atoms with van der Waals surface area (Å²) in [6.45, 7) is 2.98. The Kier molecular flexibility index (Phi) is 11.8. The summed E-state index contributed by atoms with van der Waals surface area (Å²) in [6, 6.07) is 9.43. The number of ether oxygens (including phenoxy) is 4. The number of carbonyl (C=O) groups is 5. The van der Waals surface area contributed by atoms with Crippen molar-refractivity contribution >= 4 is 40.2 Å². The number of nitrogens with zero attached hydrogens (tertiary/aromatic N) is 4. The largest absolute Gasteiger partial charge is 0.496 e. The number of aromatic nitrogens is 2. The van der Waals surface area contributed by atoms with Crippen molar-refractivity contribution in [2.75, 3.05) is 47.1 Å². The number of benzene rings is 2. The van der Waals surface area contributed by atoms with E-state index in [1.54, 1.807) is 50.4 Å². The highest BCUT2D eigenvalue weighted by molar-refractivity contribution is 6.24. The molecule has 7 rings (SSSR count). The van der Waals surface area contributed by atoms with Crippen LogP contribution in [0, 0.1) is 5.92 Å². The quantitative estimate of drug-likeness (QED) is 0.122. The lowest BCUT2D eigenvalue weighted by molar-refractivity contribution is -0.136. The molecule has 0 spiro atoms. The first-order valence-electron chi connectivity index (χ1n) is 19.1. The average molecular weight is 780 g/mol. The molecule has 2 aromatic heterocycles. The van der Waals surface area contributed by atoms with Crippen molar-refractivity contribution < 1.29 is 42.9 Å². The molecule has 2 saturated heterocycles. The summed E-state index contributed by atoms with van der Waals surface area (Å²) in [6.07, 6.45) is 7.70. The molecule has 2 aromatic carbocycles. The second-order valence-corrected chi connectivity index (χ2v) is 14.6. The maximum Gasteiger partial charge on any atom is 0.266 e. The van der Waals surface area contributed by atoms with E-state index >= 15 is 0 Å². The SMILES string of the molecule is COc1cc(-c2cn(C)c(=O)c3cnccc23)cc(OC)c1CN1CC(CCCC(=O)CCOCCOc2cccc3c2C(=O)N(C2CCC(=O)NC2=O)C3=O)C1. The minimum atomic E-state index is -1.06. The fourth-order valence-corrected chi connectivity index (χ4v) is 7.86. The van der Waals surface area contributed by atoms with Crippen LogP contribution >= 0.6 is 0 Å². The van der Waals surface area contributed by atoms with Crippen LogP contribution in [0.4, 0.5) is 0 Å². The lowest BCUT2D eigenvalue weighted by atomic mass is 9.92. The number of piperidine rings is 1. The van der Waals surface area contributed by atoms with Gasteiger partial charge in [-0.2, -0.15) is 0 Å². The molecule has 5 heterocycles. The molecule has 1 atom stereocenters. The van der Waals surface area contributed by atoms with Gasteiger partial charge in [0.1, 0.15) is 35.7 Å². The zero-order chi connectivity index (χ0) is 40.2. The van der Waals surface area contributed by atoms with E-state index in [4.69, 9.17) is 18.9 Å². The van der Waals surface area contributed by atoms with Gasteiger partial charge in [0.05, 0.1) is 49.5 Å². The molecule has 3 aliphatic heterocycles. The van der Waals surface area contributed by atoms with Crippen LogP contribution in [0.5, 0.6) is 17.2 Å². The van der Waals surface area contributed by atoms with Gasteiger partial charge in [-0.15, -0.1) is 0 Å². The van der Waals surface area contributed by atoms with Crippen LogP contribution in [0.2, 0.25) is 0 Å². The number of pyridine rings is 2. The third-order valence-electron chi connectivity index (χ3n) is 10.8. The number of Topliss-reactive ketones (excluding diaryl/α,β-unsaturated/α-hetero) is 1. The number of carbonyl (C=O) groups excluding carboxylic acids is 5. The van der Waals surface area contributed by atoms with Crippen LogP contribution in [0.3, 0.4) is 0 Å². The lowest BCUT2D eigenvalue weighted by Gasteiger charge is -2.40. The maximum absolute atomic E-state index is 13.2. The smallest absolute Gasteiger partial charge is 0.266 e. The standard InChI is InChI=1S/C42H45N5O10/c1-45-23-31(28-12-14-43-20-30(28)40(45)51)26-18-35(54-2)32(36(19-26)55-3)24-46-21-25(22-46)6-4-7-27(48)13-15-56-16-17-57-34-9-5-8-29-38(34)42(53)47(41(29)52)33-10-11-37(49)44-39(33)50/h5,8-9,12,14,18-20,23,25,33H,4,6-7,10-11,13,15-17,21-22,24H2,1-3H3,(H,44,49,50). The summed E-state index contributed by atoms with van der Waals surface area (Å²) in [4.78, 5) is 82.8. The number of methoxy groups -OCH3 is 2. The van der Waals surface area contributed by atoms with Gasteiger partial charge in [-0.25, -0.2) is 0 Å². The fraction of sp³-hybridized carbons (Fsp3) is 0.405. The Hall–Kier alpha value is -5.93. The molecule has 2 fully saturated rings. The molecular formula is C42H45N5O10. The molecule has 15 heteroatoms. The van der Waals surface area contributed by atoms with Crippen LogP contribution in [0.1, 0.15) is 64.8 Å². The highest BCUT2D eigenvalue weighted by Crippen LogP contribution is 2.39. The fourth-order valence-electron chi connectivity index (χ4n) is 7.86. The van der Waals surface area contributed by atoms with Crippen molar-refractivity contribution in [1.29, 1.82) is 0 Å². The monoisotopic (exact) mass is 779 g/mol. The van der Waals surface area contributed by atoms with Gasteiger partial charge in [0, 0.05) is 70.1 Å². The molecule has 298 valence electrons. The number of imide groups is 2. The van der Waals surface area contributed by atoms with Crippen molar-refractivity contribution in [3.8, 4) is 28.4 Å². The first kappa shape index (κ1) is 39.3. The van der Waals surface area contributed by atoms with Crippen molar-refractivity contribution in [2.45, 2.75) is 51.1 Å². The molecule has 0 aliphatic carbocycles. The third kappa shape index (κ3) is 8.16. The Labute approximate surface area is 328 Å². The molecule has 15 nitrogen and oxygen atoms in total. The highest BCUT2D eigenvalue weighted by Gasteiger charge is 2.46. The summed E-state index contributed by atoms with van der Waals surface area (Å²) in [5, 5.41) is 3.53. The Bertz CT molecular complexity index is 2270. The van der Waals surface area contributed by atoms with Crippen LogP contribution in [0.25, 0.3) is 21.9 Å². The third-order valence-corrected chi connectivity index (χ3v) is 10.8. The van der Waals surface area contributed by atoms with Gasteiger partial charge in [0.25, 0.3) is 17.4 Å². The second-order valence-electron chi connectivity index (χ2n) is 14.6. The zero-order valence-corrected chi connectivity index (χ0v) is 32.2. The van der Waals surface area contributed by atoms with Gasteiger partial charge >= 0.3 is 0 Å². The maximum atomic E-state index is 13.2. The number of ketones is 1. The van der Waals surface area contributed by atoms with Crippen LogP contribution < -0.4 is 25.1 Å². The molecular weight excluding hydrogens is 734 g/mol. The molecule has 4 aromatic rings. The van der Waals surface area contributed by atoms with E-state index < -0.39 is 29.7 Å². The predicted octanol–water partition coefficient (Wildman–Crippen LogP) is 3.68. The predicted molar refractivity (Wildman–Crippen MR) is 207 cm³/mol. The number of likely N-dealkylation sites (tertiary alicyclic amines) is 1. The first-order chi connectivity index (χ1) is 27.6. The van der Waals surface area contributed by atoms with E-state index in [0.29, 0.717) is 35.8 Å². The summed E-state index contributed by atoms with van der Waals surface area (Å²) >= 11 is 0. The normalized spacial score (nSPS) is 17.1. The Morgan fingerprint density at radius 2 is 1.67 bits per heavy atom. The topological polar surface area (TPSA) is 176 Å². The molecule has 0 bridgehead atoms. The molecule has 0 saturated carbocycles. The number of aryl methyl sites for hydroxylation is 1. The number of rotatable bonds is 17. The summed E-state index contributed by atoms with van der Waals surface area (Å²) in [5.74, 6) is -0.118. The van der Waals surface area contributed by atoms with Crippen molar-refractivity contribution in [3.05, 3.63) is 82.0 Å². The van der Waals surface area contributed by atoms with Gasteiger partial charge < -0.3 is 23.5 Å². The highest BCUT2D eigenvalue weighted by atomic mass is 16.5. The van der Waals surface area contributed by atoms with Crippen molar-refractivity contribution in [3.63, 3.8) is 0 Å². The minimum Gasteiger partial charge on any atom is -0.496 e. The second kappa shape index (κ2) is 17.1. The Morgan fingerprint density at radius 1 is 0.895 bits per heavy atom. The van der Waals surface area contributed by atoms with Gasteiger partial charge in [-0.05, 0) is 66.5 Å². The number of nitrogens with one attached hydrogen (secondary N) is 1. The molecule has 57 heavy (non-hydrogen) atoms. The van der Waals surface area contributed by atoms with Crippen LogP contribution in [-0.2, 0) is 32.7 Å². The van der Waals surface area contributed by atoms with E-state index in [-0.39, 0.29) is 67.3 Å². The van der Waals surface area contributed by atoms with Crippen molar-refractivity contribution in [1.82, 2.24) is 24.7 Å². The number of hydrogen-bond donors (Lipinski definition) is 1. The lowest BCUT2D eigenvalue weighted by Crippen LogP contribution is -2.54. The number of fused-ring (bicyclic) bond motifs is 2. The van der Waals surface area contributed by atoms with Gasteiger partial charge in [0.15, 0.2) is 0 Å². The summed E-state index contributed by atoms with van der Waals surface area (Å²) < 4.78 is 24.7. The zero-order valence-electron chi connectivity index (χ0n) is 32.2. The van der Waals surface area contributed by atoms with Gasteiger partial charge in [0.2, 0.25) is 11.8 Å². The molecule has 4 amide bonds. The van der Waals surface area contributed by atoms with Crippen LogP contribution in [-0.4, -0.2) is 102 Å². The molecule has 0 radical (unpaired) electrons. The van der Waals surface area contributed by atoms with Crippen LogP contribution in [0.15, 0.2) is 59.8 Å². The van der Waals surface area contributed by atoms with Crippen molar-refractivity contribution in [2.24, 2.45) is 13.0 Å². The van der Waals surface area contributed by atoms with E-state index in [9.17, 15) is 28.8 Å². The first-order valence-corrected chi connectivity index (χ1v) is 19.1.